The van der Waals surface area contributed by atoms with Crippen molar-refractivity contribution in [3.05, 3.63) is 58.0 Å². The molecule has 138 valence electrons. The van der Waals surface area contributed by atoms with E-state index in [2.05, 4.69) is 35.1 Å². The van der Waals surface area contributed by atoms with Crippen LogP contribution in [0.2, 0.25) is 0 Å². The van der Waals surface area contributed by atoms with Gasteiger partial charge in [-0.2, -0.15) is 0 Å². The molecule has 1 fully saturated rings. The van der Waals surface area contributed by atoms with Crippen molar-refractivity contribution in [1.82, 2.24) is 10.2 Å². The van der Waals surface area contributed by atoms with Crippen molar-refractivity contribution in [2.24, 2.45) is 0 Å². The fourth-order valence-corrected chi connectivity index (χ4v) is 3.41. The molecule has 0 atom stereocenters. The fraction of sp³-hybridized carbons (Fsp3) is 0.400. The topological polar surface area (TPSA) is 62.6 Å². The zero-order valence-corrected chi connectivity index (χ0v) is 16.6. The highest BCUT2D eigenvalue weighted by molar-refractivity contribution is 9.10. The second-order valence-corrected chi connectivity index (χ2v) is 7.70. The highest BCUT2D eigenvalue weighted by atomic mass is 79.9. The Hall–Kier alpha value is -2.08. The molecule has 0 unspecified atom stereocenters. The third kappa shape index (κ3) is 4.36. The highest BCUT2D eigenvalue weighted by Gasteiger charge is 2.26. The first-order chi connectivity index (χ1) is 12.4. The van der Waals surface area contributed by atoms with Crippen LogP contribution in [0.4, 0.5) is 0 Å². The van der Waals surface area contributed by atoms with Crippen molar-refractivity contribution in [2.45, 2.75) is 38.6 Å². The van der Waals surface area contributed by atoms with Gasteiger partial charge in [0, 0.05) is 24.7 Å². The molecule has 2 heterocycles. The van der Waals surface area contributed by atoms with Crippen LogP contribution in [0.1, 0.15) is 59.1 Å². The quantitative estimate of drug-likeness (QED) is 0.808. The molecule has 2 amide bonds. The van der Waals surface area contributed by atoms with Gasteiger partial charge in [0.25, 0.3) is 11.8 Å². The Kier molecular flexibility index (Phi) is 5.81. The standard InChI is InChI=1S/C20H23BrN2O3/c1-13(2)14-3-5-15(6-4-14)19(24)22-16-9-11-23(12-10-16)20(25)17-7-8-18(21)26-17/h3-8,13,16H,9-12H2,1-2H3,(H,22,24). The van der Waals surface area contributed by atoms with E-state index in [1.54, 1.807) is 17.0 Å². The summed E-state index contributed by atoms with van der Waals surface area (Å²) in [5.74, 6) is 0.623. The molecule has 1 aliphatic rings. The lowest BCUT2D eigenvalue weighted by molar-refractivity contribution is 0.0666. The van der Waals surface area contributed by atoms with Gasteiger partial charge in [0.15, 0.2) is 10.4 Å². The molecular weight excluding hydrogens is 396 g/mol. The summed E-state index contributed by atoms with van der Waals surface area (Å²) in [6, 6.07) is 11.2. The molecule has 0 aliphatic carbocycles. The lowest BCUT2D eigenvalue weighted by Crippen LogP contribution is -2.46. The van der Waals surface area contributed by atoms with E-state index >= 15 is 0 Å². The molecule has 1 aromatic heterocycles. The minimum atomic E-state index is -0.107. The monoisotopic (exact) mass is 418 g/mol. The number of piperidine rings is 1. The molecule has 3 rings (SSSR count). The molecular formula is C20H23BrN2O3. The number of hydrogen-bond acceptors (Lipinski definition) is 3. The summed E-state index contributed by atoms with van der Waals surface area (Å²) < 4.78 is 5.88. The van der Waals surface area contributed by atoms with Crippen LogP contribution in [0.5, 0.6) is 0 Å². The van der Waals surface area contributed by atoms with Crippen molar-refractivity contribution < 1.29 is 14.0 Å². The van der Waals surface area contributed by atoms with Gasteiger partial charge in [0.05, 0.1) is 0 Å². The molecule has 1 aliphatic heterocycles. The summed E-state index contributed by atoms with van der Waals surface area (Å²) in [6.45, 7) is 5.47. The summed E-state index contributed by atoms with van der Waals surface area (Å²) in [5.41, 5.74) is 1.89. The molecule has 6 heteroatoms. The number of furan rings is 1. The van der Waals surface area contributed by atoms with Gasteiger partial charge >= 0.3 is 0 Å². The molecule has 1 saturated heterocycles. The number of carbonyl (C=O) groups excluding carboxylic acids is 2. The van der Waals surface area contributed by atoms with Crippen molar-refractivity contribution >= 4 is 27.7 Å². The zero-order chi connectivity index (χ0) is 18.7. The number of amides is 2. The second kappa shape index (κ2) is 8.08. The van der Waals surface area contributed by atoms with Gasteiger partial charge in [-0.25, -0.2) is 0 Å². The number of benzene rings is 1. The Morgan fingerprint density at radius 1 is 1.12 bits per heavy atom. The summed E-state index contributed by atoms with van der Waals surface area (Å²) in [6.07, 6.45) is 1.48. The van der Waals surface area contributed by atoms with Crippen molar-refractivity contribution in [2.75, 3.05) is 13.1 Å². The average molecular weight is 419 g/mol. The Labute approximate surface area is 161 Å². The Morgan fingerprint density at radius 2 is 1.77 bits per heavy atom. The van der Waals surface area contributed by atoms with E-state index < -0.39 is 0 Å². The number of halogens is 1. The Morgan fingerprint density at radius 3 is 2.31 bits per heavy atom. The molecule has 1 N–H and O–H groups in total. The molecule has 0 spiro atoms. The normalized spacial score (nSPS) is 15.3. The lowest BCUT2D eigenvalue weighted by atomic mass is 10.0. The predicted molar refractivity (Wildman–Crippen MR) is 103 cm³/mol. The minimum Gasteiger partial charge on any atom is -0.444 e. The Bertz CT molecular complexity index is 775. The van der Waals surface area contributed by atoms with Gasteiger partial charge in [-0.3, -0.25) is 9.59 Å². The number of hydrogen-bond donors (Lipinski definition) is 1. The molecule has 0 saturated carbocycles. The first kappa shape index (κ1) is 18.7. The van der Waals surface area contributed by atoms with E-state index in [0.717, 1.165) is 12.8 Å². The van der Waals surface area contributed by atoms with Gasteiger partial charge in [-0.15, -0.1) is 0 Å². The molecule has 0 bridgehead atoms. The first-order valence-electron chi connectivity index (χ1n) is 8.89. The molecule has 26 heavy (non-hydrogen) atoms. The number of nitrogens with zero attached hydrogens (tertiary/aromatic N) is 1. The molecule has 2 aromatic rings. The maximum absolute atomic E-state index is 12.4. The van der Waals surface area contributed by atoms with Crippen LogP contribution in [0.3, 0.4) is 0 Å². The van der Waals surface area contributed by atoms with Crippen molar-refractivity contribution in [3.63, 3.8) is 0 Å². The first-order valence-corrected chi connectivity index (χ1v) is 9.69. The van der Waals surface area contributed by atoms with Gasteiger partial charge in [0.1, 0.15) is 0 Å². The van der Waals surface area contributed by atoms with E-state index in [9.17, 15) is 9.59 Å². The van der Waals surface area contributed by atoms with Crippen LogP contribution >= 0.6 is 15.9 Å². The van der Waals surface area contributed by atoms with E-state index in [1.807, 2.05) is 24.3 Å². The lowest BCUT2D eigenvalue weighted by Gasteiger charge is -2.31. The zero-order valence-electron chi connectivity index (χ0n) is 15.0. The van der Waals surface area contributed by atoms with Gasteiger partial charge < -0.3 is 14.6 Å². The SMILES string of the molecule is CC(C)c1ccc(C(=O)NC2CCN(C(=O)c3ccc(Br)o3)CC2)cc1. The van der Waals surface area contributed by atoms with E-state index in [0.29, 0.717) is 35.0 Å². The third-order valence-electron chi connectivity index (χ3n) is 4.74. The van der Waals surface area contributed by atoms with Crippen LogP contribution in [0.15, 0.2) is 45.5 Å². The predicted octanol–water partition coefficient (Wildman–Crippen LogP) is 4.20. The van der Waals surface area contributed by atoms with Gasteiger partial charge in [-0.1, -0.05) is 26.0 Å². The molecule has 0 radical (unpaired) electrons. The number of nitrogens with one attached hydrogen (secondary N) is 1. The summed E-state index contributed by atoms with van der Waals surface area (Å²) >= 11 is 3.21. The second-order valence-electron chi connectivity index (χ2n) is 6.92. The van der Waals surface area contributed by atoms with Crippen LogP contribution < -0.4 is 5.32 Å². The summed E-state index contributed by atoms with van der Waals surface area (Å²) in [7, 11) is 0. The number of carbonyl (C=O) groups is 2. The van der Waals surface area contributed by atoms with Crippen molar-refractivity contribution in [1.29, 1.82) is 0 Å². The number of likely N-dealkylation sites (tertiary alicyclic amines) is 1. The van der Waals surface area contributed by atoms with Crippen LogP contribution in [-0.4, -0.2) is 35.8 Å². The maximum Gasteiger partial charge on any atom is 0.289 e. The van der Waals surface area contributed by atoms with Gasteiger partial charge in [-0.05, 0) is 64.5 Å². The van der Waals surface area contributed by atoms with Gasteiger partial charge in [0.2, 0.25) is 0 Å². The smallest absolute Gasteiger partial charge is 0.289 e. The van der Waals surface area contributed by atoms with Crippen LogP contribution in [0.25, 0.3) is 0 Å². The van der Waals surface area contributed by atoms with E-state index in [-0.39, 0.29) is 17.9 Å². The Balaban J connectivity index is 1.52. The number of rotatable bonds is 4. The largest absolute Gasteiger partial charge is 0.444 e. The highest BCUT2D eigenvalue weighted by Crippen LogP contribution is 2.19. The summed E-state index contributed by atoms with van der Waals surface area (Å²) in [4.78, 5) is 26.6. The minimum absolute atomic E-state index is 0.0555. The van der Waals surface area contributed by atoms with Crippen LogP contribution in [0, 0.1) is 0 Å². The van der Waals surface area contributed by atoms with E-state index in [4.69, 9.17) is 4.42 Å². The maximum atomic E-state index is 12.4. The molecule has 1 aromatic carbocycles. The van der Waals surface area contributed by atoms with Crippen LogP contribution in [-0.2, 0) is 0 Å². The molecule has 5 nitrogen and oxygen atoms in total. The van der Waals surface area contributed by atoms with E-state index in [1.165, 1.54) is 5.56 Å². The summed E-state index contributed by atoms with van der Waals surface area (Å²) in [5, 5.41) is 3.08. The van der Waals surface area contributed by atoms with Crippen molar-refractivity contribution in [3.8, 4) is 0 Å². The average Bonchev–Trinajstić information content (AvgIpc) is 3.08. The fourth-order valence-electron chi connectivity index (χ4n) is 3.10. The third-order valence-corrected chi connectivity index (χ3v) is 5.17.